The predicted molar refractivity (Wildman–Crippen MR) is 254 cm³/mol. The van der Waals surface area contributed by atoms with Gasteiger partial charge in [0, 0.05) is 19.4 Å². The lowest BCUT2D eigenvalue weighted by Gasteiger charge is -2.31. The van der Waals surface area contributed by atoms with Crippen LogP contribution in [0.4, 0.5) is 0 Å². The van der Waals surface area contributed by atoms with Gasteiger partial charge in [-0.25, -0.2) is 0 Å². The van der Waals surface area contributed by atoms with Crippen molar-refractivity contribution in [3.63, 3.8) is 0 Å². The molecule has 0 saturated carbocycles. The van der Waals surface area contributed by atoms with Crippen molar-refractivity contribution in [2.75, 3.05) is 26.3 Å². The fraction of sp³-hybridized carbons (Fsp3) is 0.587. The summed E-state index contributed by atoms with van der Waals surface area (Å²) in [6.45, 7) is 6.05. The second kappa shape index (κ2) is 28.5. The van der Waals surface area contributed by atoms with Gasteiger partial charge in [-0.1, -0.05) is 58.4 Å². The van der Waals surface area contributed by atoms with Crippen LogP contribution in [0.2, 0.25) is 0 Å². The number of amides is 11. The number of benzene rings is 1. The number of hydrogen-bond acceptors (Lipinski definition) is 14. The zero-order valence-electron chi connectivity index (χ0n) is 40.5. The molecule has 25 heteroatoms. The molecule has 0 spiro atoms. The molecule has 1 fully saturated rings. The van der Waals surface area contributed by atoms with E-state index in [9.17, 15) is 57.8 Å². The van der Waals surface area contributed by atoms with Crippen LogP contribution in [-0.2, 0) is 63.9 Å². The van der Waals surface area contributed by atoms with Gasteiger partial charge >= 0.3 is 0 Å². The monoisotopic (exact) mass is 999 g/mol. The van der Waals surface area contributed by atoms with Gasteiger partial charge in [0.05, 0.1) is 26.2 Å². The number of nitrogens with zero attached hydrogens (tertiary/aromatic N) is 1. The minimum Gasteiger partial charge on any atom is -0.508 e. The molecule has 25 nitrogen and oxygen atoms in total. The number of ether oxygens (including phenoxy) is 1. The van der Waals surface area contributed by atoms with E-state index in [1.165, 1.54) is 41.3 Å². The molecule has 2 heterocycles. The van der Waals surface area contributed by atoms with E-state index >= 15 is 0 Å². The summed E-state index contributed by atoms with van der Waals surface area (Å²) in [5, 5.41) is 27.6. The molecule has 0 aromatic heterocycles. The molecule has 2 aliphatic heterocycles. The largest absolute Gasteiger partial charge is 0.508 e. The third-order valence-electron chi connectivity index (χ3n) is 11.8. The van der Waals surface area contributed by atoms with Crippen molar-refractivity contribution < 1.29 is 62.6 Å². The predicted octanol–water partition coefficient (Wildman–Crippen LogP) is -4.03. The first-order valence-corrected chi connectivity index (χ1v) is 23.5. The summed E-state index contributed by atoms with van der Waals surface area (Å²) in [5.41, 5.74) is 22.8. The third kappa shape index (κ3) is 19.3. The highest BCUT2D eigenvalue weighted by molar-refractivity contribution is 5.99. The zero-order chi connectivity index (χ0) is 52.9. The number of phenols is 1. The van der Waals surface area contributed by atoms with E-state index in [2.05, 4.69) is 37.2 Å². The summed E-state index contributed by atoms with van der Waals surface area (Å²) in [6, 6.07) is -5.24. The van der Waals surface area contributed by atoms with E-state index in [-0.39, 0.29) is 57.1 Å². The molecule has 16 N–H and O–H groups in total. The molecule has 11 amide bonds. The molecule has 0 bridgehead atoms. The Morgan fingerprint density at radius 1 is 0.803 bits per heavy atom. The van der Waals surface area contributed by atoms with Crippen LogP contribution in [0.5, 0.6) is 5.75 Å². The standard InChI is InChI=1S/C46H70N12O13/c1-5-25(4)38-45(69)52-29(15-16-35(48)60)41(65)55-33(21-36(49)61)42(66)53-30(46(70)58-17-8-10-34(58)44(68)56-31(19-24(2)3)40(64)51-22-37(50)62)9-6-7-18-71-23-28(47)39(63)54-32(43(67)57-38)20-26-11-13-27(59)14-12-26/h6-7,11-14,24-25,28-34,38,59H,5,8-10,15-23,47H2,1-4H3,(H2,48,60)(H2,49,61)(H2,50,62)(H,51,64)(H,52,69)(H,53,66)(H,54,63)(H,55,65)(H,56,68)(H,57,67)/b7-6-/t25-,28+,29+,30+,31+,32+,33+,34+,38+/m1/s1. The van der Waals surface area contributed by atoms with Crippen LogP contribution in [0.3, 0.4) is 0 Å². The van der Waals surface area contributed by atoms with Gasteiger partial charge in [-0.15, -0.1) is 0 Å². The average molecular weight is 999 g/mol. The SMILES string of the molecule is CC[C@@H](C)[C@@H]1NC(=O)[C@H](Cc2ccc(O)cc2)NC(=O)[C@@H](N)COC/C=C\C[C@@H](C(=O)N2CCC[C@H]2C(=O)N[C@@H](CC(C)C)C(=O)NCC(N)=O)NC(=O)[C@H](CC(N)=O)NC(=O)[C@H](CCC(N)=O)NC1=O. The normalized spacial score (nSPS) is 24.5. The number of likely N-dealkylation sites (tertiary alicyclic amines) is 1. The third-order valence-corrected chi connectivity index (χ3v) is 11.8. The summed E-state index contributed by atoms with van der Waals surface area (Å²) in [4.78, 5) is 148. The topological polar surface area (TPSA) is 409 Å². The van der Waals surface area contributed by atoms with Gasteiger partial charge in [0.2, 0.25) is 65.0 Å². The van der Waals surface area contributed by atoms with Crippen LogP contribution >= 0.6 is 0 Å². The average Bonchev–Trinajstić information content (AvgIpc) is 3.81. The number of carbonyl (C=O) groups is 11. The lowest BCUT2D eigenvalue weighted by atomic mass is 9.96. The van der Waals surface area contributed by atoms with Gasteiger partial charge in [-0.2, -0.15) is 0 Å². The smallest absolute Gasteiger partial charge is 0.246 e. The molecular formula is C46H70N12O13. The number of rotatable bonds is 17. The summed E-state index contributed by atoms with van der Waals surface area (Å²) >= 11 is 0. The molecule has 2 aliphatic rings. The Balaban J connectivity index is 2.05. The summed E-state index contributed by atoms with van der Waals surface area (Å²) in [5.74, 6) is -10.2. The highest BCUT2D eigenvalue weighted by Gasteiger charge is 2.40. The van der Waals surface area contributed by atoms with Gasteiger partial charge in [-0.05, 0) is 61.6 Å². The summed E-state index contributed by atoms with van der Waals surface area (Å²) in [7, 11) is 0. The summed E-state index contributed by atoms with van der Waals surface area (Å²) < 4.78 is 5.62. The van der Waals surface area contributed by atoms with E-state index in [1.54, 1.807) is 13.8 Å². The number of aromatic hydroxyl groups is 1. The van der Waals surface area contributed by atoms with Crippen molar-refractivity contribution in [1.29, 1.82) is 0 Å². The molecule has 1 aromatic rings. The van der Waals surface area contributed by atoms with Crippen LogP contribution in [0.1, 0.15) is 84.6 Å². The lowest BCUT2D eigenvalue weighted by Crippen LogP contribution is -2.61. The van der Waals surface area contributed by atoms with E-state index < -0.39 is 145 Å². The van der Waals surface area contributed by atoms with E-state index in [0.717, 1.165) is 0 Å². The van der Waals surface area contributed by atoms with Crippen molar-refractivity contribution in [1.82, 2.24) is 42.1 Å². The lowest BCUT2D eigenvalue weighted by molar-refractivity contribution is -0.142. The van der Waals surface area contributed by atoms with Crippen LogP contribution in [0.15, 0.2) is 36.4 Å². The van der Waals surface area contributed by atoms with Crippen molar-refractivity contribution >= 4 is 65.0 Å². The highest BCUT2D eigenvalue weighted by Crippen LogP contribution is 2.21. The Labute approximate surface area is 411 Å². The number of phenolic OH excluding ortho intramolecular Hbond substituents is 1. The van der Waals surface area contributed by atoms with Crippen molar-refractivity contribution in [2.45, 2.75) is 134 Å². The molecule has 1 saturated heterocycles. The molecule has 0 radical (unpaired) electrons. The maximum absolute atomic E-state index is 14.5. The fourth-order valence-corrected chi connectivity index (χ4v) is 7.72. The van der Waals surface area contributed by atoms with Crippen LogP contribution < -0.4 is 60.2 Å². The van der Waals surface area contributed by atoms with Gasteiger partial charge in [0.15, 0.2) is 0 Å². The minimum atomic E-state index is -1.77. The highest BCUT2D eigenvalue weighted by atomic mass is 16.5. The zero-order valence-corrected chi connectivity index (χ0v) is 40.5. The van der Waals surface area contributed by atoms with Crippen LogP contribution in [0.25, 0.3) is 0 Å². The number of nitrogens with two attached hydrogens (primary N) is 4. The fourth-order valence-electron chi connectivity index (χ4n) is 7.72. The molecule has 3 rings (SSSR count). The van der Waals surface area contributed by atoms with Crippen LogP contribution in [-0.4, -0.2) is 150 Å². The van der Waals surface area contributed by atoms with E-state index in [4.69, 9.17) is 27.7 Å². The van der Waals surface area contributed by atoms with Gasteiger partial charge in [0.1, 0.15) is 54.1 Å². The molecule has 0 unspecified atom stereocenters. The Morgan fingerprint density at radius 3 is 2.06 bits per heavy atom. The number of primary amides is 3. The Morgan fingerprint density at radius 2 is 1.44 bits per heavy atom. The maximum Gasteiger partial charge on any atom is 0.246 e. The van der Waals surface area contributed by atoms with Crippen LogP contribution in [0, 0.1) is 11.8 Å². The quantitative estimate of drug-likeness (QED) is 0.0662. The second-order valence-corrected chi connectivity index (χ2v) is 18.1. The molecule has 392 valence electrons. The number of hydrogen-bond donors (Lipinski definition) is 12. The Kier molecular flexibility index (Phi) is 23.3. The van der Waals surface area contributed by atoms with E-state index in [0.29, 0.717) is 18.4 Å². The Hall–Kier alpha value is -7.15. The second-order valence-electron chi connectivity index (χ2n) is 18.1. The van der Waals surface area contributed by atoms with Crippen molar-refractivity contribution in [2.24, 2.45) is 34.8 Å². The first kappa shape index (κ1) is 58.2. The summed E-state index contributed by atoms with van der Waals surface area (Å²) in [6.07, 6.45) is 1.90. The molecule has 71 heavy (non-hydrogen) atoms. The van der Waals surface area contributed by atoms with Crippen molar-refractivity contribution in [3.8, 4) is 5.75 Å². The first-order valence-electron chi connectivity index (χ1n) is 23.5. The van der Waals surface area contributed by atoms with Gasteiger partial charge < -0.3 is 74.9 Å². The molecule has 9 atom stereocenters. The molecular weight excluding hydrogens is 929 g/mol. The first-order chi connectivity index (χ1) is 33.5. The molecule has 1 aromatic carbocycles. The van der Waals surface area contributed by atoms with E-state index in [1.807, 2.05) is 13.8 Å². The molecule has 0 aliphatic carbocycles. The number of nitrogens with one attached hydrogen (secondary N) is 7. The van der Waals surface area contributed by atoms with Gasteiger partial charge in [-0.3, -0.25) is 52.7 Å². The minimum absolute atomic E-state index is 0.0509. The Bertz CT molecular complexity index is 2120. The number of carbonyl (C=O) groups excluding carboxylic acids is 11. The van der Waals surface area contributed by atoms with Crippen molar-refractivity contribution in [3.05, 3.63) is 42.0 Å². The van der Waals surface area contributed by atoms with Gasteiger partial charge in [0.25, 0.3) is 0 Å². The maximum atomic E-state index is 14.5.